The van der Waals surface area contributed by atoms with E-state index in [-0.39, 0.29) is 0 Å². The molecule has 20 heavy (non-hydrogen) atoms. The van der Waals surface area contributed by atoms with Crippen molar-refractivity contribution in [3.8, 4) is 0 Å². The van der Waals surface area contributed by atoms with Crippen LogP contribution in [0.4, 0.5) is 0 Å². The van der Waals surface area contributed by atoms with E-state index >= 15 is 0 Å². The molecule has 4 nitrogen and oxygen atoms in total. The van der Waals surface area contributed by atoms with E-state index in [0.29, 0.717) is 6.04 Å². The lowest BCUT2D eigenvalue weighted by Crippen LogP contribution is -2.45. The lowest BCUT2D eigenvalue weighted by atomic mass is 10.2. The normalized spacial score (nSPS) is 19.4. The summed E-state index contributed by atoms with van der Waals surface area (Å²) in [5, 5.41) is 4.79. The van der Waals surface area contributed by atoms with Crippen molar-refractivity contribution in [1.29, 1.82) is 0 Å². The largest absolute Gasteiger partial charge is 0.309 e. The molecule has 0 saturated carbocycles. The van der Waals surface area contributed by atoms with Gasteiger partial charge in [-0.25, -0.2) is 4.98 Å². The molecule has 0 amide bonds. The van der Waals surface area contributed by atoms with Crippen molar-refractivity contribution in [3.63, 3.8) is 0 Å². The molecule has 0 aromatic carbocycles. The van der Waals surface area contributed by atoms with E-state index in [4.69, 9.17) is 0 Å². The predicted molar refractivity (Wildman–Crippen MR) is 86.1 cm³/mol. The minimum atomic E-state index is 0.586. The summed E-state index contributed by atoms with van der Waals surface area (Å²) in [6.45, 7) is 14.6. The number of aromatic nitrogens is 1. The summed E-state index contributed by atoms with van der Waals surface area (Å²) in [6, 6.07) is 0.586. The third-order valence-electron chi connectivity index (χ3n) is 4.11. The zero-order valence-corrected chi connectivity index (χ0v) is 13.9. The highest BCUT2D eigenvalue weighted by Gasteiger charge is 2.16. The highest BCUT2D eigenvalue weighted by atomic mass is 32.1. The number of rotatable bonds is 7. The van der Waals surface area contributed by atoms with Gasteiger partial charge in [0.1, 0.15) is 5.01 Å². The number of likely N-dealkylation sites (N-methyl/N-ethyl adjacent to an activating group) is 1. The van der Waals surface area contributed by atoms with Crippen molar-refractivity contribution >= 4 is 11.3 Å². The van der Waals surface area contributed by atoms with Crippen molar-refractivity contribution in [3.05, 3.63) is 16.1 Å². The summed E-state index contributed by atoms with van der Waals surface area (Å²) < 4.78 is 0. The van der Waals surface area contributed by atoms with E-state index in [0.717, 1.165) is 13.1 Å². The van der Waals surface area contributed by atoms with Gasteiger partial charge in [0.2, 0.25) is 0 Å². The van der Waals surface area contributed by atoms with Crippen LogP contribution in [0.1, 0.15) is 37.1 Å². The first-order valence-corrected chi connectivity index (χ1v) is 8.64. The Balaban J connectivity index is 1.75. The van der Waals surface area contributed by atoms with Gasteiger partial charge in [0.15, 0.2) is 0 Å². The van der Waals surface area contributed by atoms with Gasteiger partial charge in [-0.05, 0) is 19.9 Å². The first-order chi connectivity index (χ1) is 9.71. The first-order valence-electron chi connectivity index (χ1n) is 7.83. The van der Waals surface area contributed by atoms with Crippen LogP contribution in [0.15, 0.2) is 6.20 Å². The maximum atomic E-state index is 4.58. The molecule has 0 bridgehead atoms. The van der Waals surface area contributed by atoms with Crippen LogP contribution in [0.25, 0.3) is 0 Å². The highest BCUT2D eigenvalue weighted by molar-refractivity contribution is 7.11. The summed E-state index contributed by atoms with van der Waals surface area (Å²) >= 11 is 1.86. The van der Waals surface area contributed by atoms with Crippen LogP contribution in [-0.2, 0) is 13.1 Å². The third kappa shape index (κ3) is 4.81. The molecule has 114 valence electrons. The Hall–Kier alpha value is -0.490. The fourth-order valence-corrected chi connectivity index (χ4v) is 3.29. The van der Waals surface area contributed by atoms with Gasteiger partial charge >= 0.3 is 0 Å². The van der Waals surface area contributed by atoms with E-state index in [9.17, 15) is 0 Å². The molecule has 5 heteroatoms. The molecule has 1 N–H and O–H groups in total. The SMILES string of the molecule is CCC(C)NCc1cnc(CN2CCN(CC)CC2)s1. The van der Waals surface area contributed by atoms with Crippen LogP contribution in [0.3, 0.4) is 0 Å². The molecule has 1 aromatic heterocycles. The summed E-state index contributed by atoms with van der Waals surface area (Å²) in [6.07, 6.45) is 3.21. The van der Waals surface area contributed by atoms with Crippen molar-refractivity contribution in [2.24, 2.45) is 0 Å². The molecule has 0 spiro atoms. The van der Waals surface area contributed by atoms with Gasteiger partial charge in [0.25, 0.3) is 0 Å². The molecule has 1 aromatic rings. The average molecular weight is 296 g/mol. The molecule has 1 atom stereocenters. The van der Waals surface area contributed by atoms with Crippen LogP contribution in [0.2, 0.25) is 0 Å². The Labute approximate surface area is 127 Å². The Morgan fingerprint density at radius 1 is 1.25 bits per heavy atom. The summed E-state index contributed by atoms with van der Waals surface area (Å²) in [5.41, 5.74) is 0. The molecular formula is C15H28N4S. The Morgan fingerprint density at radius 2 is 1.95 bits per heavy atom. The summed E-state index contributed by atoms with van der Waals surface area (Å²) in [5.74, 6) is 0. The number of nitrogens with one attached hydrogen (secondary N) is 1. The van der Waals surface area contributed by atoms with E-state index in [1.165, 1.54) is 49.0 Å². The predicted octanol–water partition coefficient (Wildman–Crippen LogP) is 2.17. The van der Waals surface area contributed by atoms with E-state index in [1.54, 1.807) is 0 Å². The van der Waals surface area contributed by atoms with Crippen molar-refractivity contribution < 1.29 is 0 Å². The maximum Gasteiger partial charge on any atom is 0.107 e. The average Bonchev–Trinajstić information content (AvgIpc) is 2.93. The maximum absolute atomic E-state index is 4.58. The molecule has 2 heterocycles. The summed E-state index contributed by atoms with van der Waals surface area (Å²) in [7, 11) is 0. The molecular weight excluding hydrogens is 268 g/mol. The number of thiazole rings is 1. The number of piperazine rings is 1. The molecule has 1 unspecified atom stereocenters. The van der Waals surface area contributed by atoms with E-state index in [2.05, 4.69) is 40.9 Å². The van der Waals surface area contributed by atoms with Crippen molar-refractivity contribution in [1.82, 2.24) is 20.1 Å². The molecule has 2 rings (SSSR count). The van der Waals surface area contributed by atoms with Crippen LogP contribution >= 0.6 is 11.3 Å². The van der Waals surface area contributed by atoms with Gasteiger partial charge in [-0.1, -0.05) is 13.8 Å². The Kier molecular flexibility index (Phi) is 6.42. The Bertz CT molecular complexity index is 385. The minimum absolute atomic E-state index is 0.586. The van der Waals surface area contributed by atoms with Gasteiger partial charge in [-0.15, -0.1) is 11.3 Å². The molecule has 1 aliphatic rings. The molecule has 0 radical (unpaired) electrons. The monoisotopic (exact) mass is 296 g/mol. The minimum Gasteiger partial charge on any atom is -0.309 e. The number of nitrogens with zero attached hydrogens (tertiary/aromatic N) is 3. The molecule has 1 aliphatic heterocycles. The lowest BCUT2D eigenvalue weighted by Gasteiger charge is -2.33. The second kappa shape index (κ2) is 8.08. The molecule has 0 aliphatic carbocycles. The summed E-state index contributed by atoms with van der Waals surface area (Å²) in [4.78, 5) is 11.0. The first kappa shape index (κ1) is 15.9. The van der Waals surface area contributed by atoms with Gasteiger partial charge < -0.3 is 10.2 Å². The Morgan fingerprint density at radius 3 is 2.60 bits per heavy atom. The van der Waals surface area contributed by atoms with Gasteiger partial charge in [-0.3, -0.25) is 4.90 Å². The van der Waals surface area contributed by atoms with E-state index < -0.39 is 0 Å². The smallest absolute Gasteiger partial charge is 0.107 e. The second-order valence-corrected chi connectivity index (χ2v) is 6.82. The van der Waals surface area contributed by atoms with Gasteiger partial charge in [0.05, 0.1) is 6.54 Å². The fourth-order valence-electron chi connectivity index (χ4n) is 2.38. The quantitative estimate of drug-likeness (QED) is 0.835. The highest BCUT2D eigenvalue weighted by Crippen LogP contribution is 2.16. The van der Waals surface area contributed by atoms with Crippen LogP contribution in [-0.4, -0.2) is 53.5 Å². The van der Waals surface area contributed by atoms with Crippen LogP contribution < -0.4 is 5.32 Å². The third-order valence-corrected chi connectivity index (χ3v) is 5.09. The van der Waals surface area contributed by atoms with E-state index in [1.807, 2.05) is 17.5 Å². The molecule has 1 fully saturated rings. The van der Waals surface area contributed by atoms with Crippen molar-refractivity contribution in [2.45, 2.75) is 46.3 Å². The number of hydrogen-bond acceptors (Lipinski definition) is 5. The fraction of sp³-hybridized carbons (Fsp3) is 0.800. The zero-order valence-electron chi connectivity index (χ0n) is 13.1. The molecule has 1 saturated heterocycles. The standard InChI is InChI=1S/C15H28N4S/c1-4-13(3)16-10-14-11-17-15(20-14)12-19-8-6-18(5-2)7-9-19/h11,13,16H,4-10,12H2,1-3H3. The van der Waals surface area contributed by atoms with Crippen LogP contribution in [0, 0.1) is 0 Å². The van der Waals surface area contributed by atoms with Crippen LogP contribution in [0.5, 0.6) is 0 Å². The van der Waals surface area contributed by atoms with Gasteiger partial charge in [-0.2, -0.15) is 0 Å². The van der Waals surface area contributed by atoms with Crippen molar-refractivity contribution in [2.75, 3.05) is 32.7 Å². The lowest BCUT2D eigenvalue weighted by molar-refractivity contribution is 0.132. The second-order valence-electron chi connectivity index (χ2n) is 5.62. The number of hydrogen-bond donors (Lipinski definition) is 1. The zero-order chi connectivity index (χ0) is 14.4. The topological polar surface area (TPSA) is 31.4 Å². The van der Waals surface area contributed by atoms with Gasteiger partial charge in [0, 0.05) is 49.8 Å².